The van der Waals surface area contributed by atoms with Crippen molar-refractivity contribution in [3.05, 3.63) is 114 Å². The predicted octanol–water partition coefficient (Wildman–Crippen LogP) is 7.66. The Balaban J connectivity index is 1.20. The molecule has 6 rings (SSSR count). The number of halogens is 1. The van der Waals surface area contributed by atoms with Gasteiger partial charge < -0.3 is 23.8 Å². The maximum absolute atomic E-state index is 13.5. The Kier molecular flexibility index (Phi) is 10.4. The standard InChI is InChI=1S/C39H41FN4O4/c1-45-34-11-9-32(10-12-34)44(26-28-14-18-42-36(22-28)30-23-37(46-2)39(48-4)38(24-30)47-3)33-15-19-43(20-16-33)25-27-13-17-41-35(21-27)29-5-7-31(40)8-6-29/h5-14,17-18,21-24,33H,15-16,19-20,25-26H2,1-4H3. The van der Waals surface area contributed by atoms with Crippen molar-refractivity contribution in [1.29, 1.82) is 0 Å². The van der Waals surface area contributed by atoms with Crippen molar-refractivity contribution < 1.29 is 23.3 Å². The maximum Gasteiger partial charge on any atom is 0.203 e. The highest BCUT2D eigenvalue weighted by Gasteiger charge is 2.26. The number of piperidine rings is 1. The molecule has 2 aromatic heterocycles. The molecule has 1 fully saturated rings. The van der Waals surface area contributed by atoms with Crippen LogP contribution in [0.5, 0.6) is 23.0 Å². The van der Waals surface area contributed by atoms with Crippen LogP contribution < -0.4 is 23.8 Å². The maximum atomic E-state index is 13.5. The van der Waals surface area contributed by atoms with Crippen LogP contribution in [0.25, 0.3) is 22.5 Å². The summed E-state index contributed by atoms with van der Waals surface area (Å²) in [5.41, 5.74) is 6.98. The fraction of sp³-hybridized carbons (Fsp3) is 0.282. The molecule has 0 spiro atoms. The van der Waals surface area contributed by atoms with E-state index in [9.17, 15) is 4.39 Å². The quantitative estimate of drug-likeness (QED) is 0.137. The van der Waals surface area contributed by atoms with Crippen LogP contribution >= 0.6 is 0 Å². The summed E-state index contributed by atoms with van der Waals surface area (Å²) >= 11 is 0. The average Bonchev–Trinajstić information content (AvgIpc) is 3.14. The van der Waals surface area contributed by atoms with E-state index in [1.807, 2.05) is 36.7 Å². The number of pyridine rings is 2. The molecule has 9 heteroatoms. The Morgan fingerprint density at radius 1 is 0.688 bits per heavy atom. The molecule has 1 aliphatic heterocycles. The van der Waals surface area contributed by atoms with E-state index in [0.29, 0.717) is 23.3 Å². The summed E-state index contributed by atoms with van der Waals surface area (Å²) in [5.74, 6) is 2.31. The summed E-state index contributed by atoms with van der Waals surface area (Å²) in [6, 6.07) is 27.4. The largest absolute Gasteiger partial charge is 0.497 e. The summed E-state index contributed by atoms with van der Waals surface area (Å²) in [4.78, 5) is 14.2. The molecule has 0 amide bonds. The van der Waals surface area contributed by atoms with Gasteiger partial charge >= 0.3 is 0 Å². The van der Waals surface area contributed by atoms with Gasteiger partial charge in [0.25, 0.3) is 0 Å². The van der Waals surface area contributed by atoms with Crippen molar-refractivity contribution in [2.45, 2.75) is 32.0 Å². The number of anilines is 1. The third kappa shape index (κ3) is 7.52. The Bertz CT molecular complexity index is 1780. The van der Waals surface area contributed by atoms with E-state index >= 15 is 0 Å². The predicted molar refractivity (Wildman–Crippen MR) is 186 cm³/mol. The lowest BCUT2D eigenvalue weighted by Gasteiger charge is -2.40. The first-order valence-corrected chi connectivity index (χ1v) is 16.1. The summed E-state index contributed by atoms with van der Waals surface area (Å²) in [6.45, 7) is 3.51. The van der Waals surface area contributed by atoms with E-state index in [-0.39, 0.29) is 5.82 Å². The number of ether oxygens (including phenoxy) is 4. The van der Waals surface area contributed by atoms with E-state index in [1.54, 1.807) is 40.6 Å². The fourth-order valence-corrected chi connectivity index (χ4v) is 6.36. The van der Waals surface area contributed by atoms with Crippen molar-refractivity contribution in [3.63, 3.8) is 0 Å². The number of likely N-dealkylation sites (tertiary alicyclic amines) is 1. The zero-order valence-corrected chi connectivity index (χ0v) is 27.9. The second-order valence-corrected chi connectivity index (χ2v) is 11.9. The number of methoxy groups -OCH3 is 4. The highest BCUT2D eigenvalue weighted by atomic mass is 19.1. The van der Waals surface area contributed by atoms with Crippen LogP contribution in [0.2, 0.25) is 0 Å². The molecule has 8 nitrogen and oxygen atoms in total. The molecule has 248 valence electrons. The molecule has 0 bridgehead atoms. The zero-order chi connectivity index (χ0) is 33.5. The lowest BCUT2D eigenvalue weighted by Crippen LogP contribution is -2.44. The van der Waals surface area contributed by atoms with Crippen molar-refractivity contribution in [2.24, 2.45) is 0 Å². The molecule has 1 saturated heterocycles. The van der Waals surface area contributed by atoms with Gasteiger partial charge in [-0.2, -0.15) is 0 Å². The molecule has 3 aromatic carbocycles. The van der Waals surface area contributed by atoms with Crippen molar-refractivity contribution in [2.75, 3.05) is 46.4 Å². The monoisotopic (exact) mass is 648 g/mol. The first-order valence-electron chi connectivity index (χ1n) is 16.1. The van der Waals surface area contributed by atoms with Gasteiger partial charge in [0.2, 0.25) is 5.75 Å². The van der Waals surface area contributed by atoms with Gasteiger partial charge in [0.15, 0.2) is 11.5 Å². The second-order valence-electron chi connectivity index (χ2n) is 11.9. The molecule has 5 aromatic rings. The van der Waals surface area contributed by atoms with Crippen LogP contribution in [0, 0.1) is 5.82 Å². The Morgan fingerprint density at radius 2 is 1.29 bits per heavy atom. The number of benzene rings is 3. The van der Waals surface area contributed by atoms with E-state index in [4.69, 9.17) is 23.9 Å². The Labute approximate surface area is 281 Å². The summed E-state index contributed by atoms with van der Waals surface area (Å²) < 4.78 is 35.6. The first-order chi connectivity index (χ1) is 23.5. The molecule has 0 unspecified atom stereocenters. The molecular formula is C39H41FN4O4. The number of aromatic nitrogens is 2. The van der Waals surface area contributed by atoms with Crippen LogP contribution in [-0.4, -0.2) is 62.4 Å². The molecule has 1 aliphatic rings. The summed E-state index contributed by atoms with van der Waals surface area (Å²) in [6.07, 6.45) is 5.74. The lowest BCUT2D eigenvalue weighted by atomic mass is 10.00. The van der Waals surface area contributed by atoms with Crippen LogP contribution in [0.15, 0.2) is 97.3 Å². The van der Waals surface area contributed by atoms with Gasteiger partial charge in [-0.15, -0.1) is 0 Å². The summed E-state index contributed by atoms with van der Waals surface area (Å²) in [7, 11) is 6.52. The van der Waals surface area contributed by atoms with Crippen molar-refractivity contribution in [3.8, 4) is 45.5 Å². The number of hydrogen-bond donors (Lipinski definition) is 0. The third-order valence-electron chi connectivity index (χ3n) is 8.91. The SMILES string of the molecule is COc1ccc(N(Cc2ccnc(-c3cc(OC)c(OC)c(OC)c3)c2)C2CCN(Cc3ccnc(-c4ccc(F)cc4)c3)CC2)cc1. The minimum atomic E-state index is -0.246. The summed E-state index contributed by atoms with van der Waals surface area (Å²) in [5, 5.41) is 0. The molecule has 0 N–H and O–H groups in total. The van der Waals surface area contributed by atoms with Crippen molar-refractivity contribution in [1.82, 2.24) is 14.9 Å². The number of rotatable bonds is 12. The normalized spacial score (nSPS) is 13.6. The van der Waals surface area contributed by atoms with Gasteiger partial charge in [0.1, 0.15) is 11.6 Å². The van der Waals surface area contributed by atoms with Crippen LogP contribution in [0.1, 0.15) is 24.0 Å². The van der Waals surface area contributed by atoms with Gasteiger partial charge in [0.05, 0.1) is 39.8 Å². The molecule has 0 aliphatic carbocycles. The lowest BCUT2D eigenvalue weighted by molar-refractivity contribution is 0.201. The minimum Gasteiger partial charge on any atom is -0.497 e. The van der Waals surface area contributed by atoms with E-state index < -0.39 is 0 Å². The van der Waals surface area contributed by atoms with Gasteiger partial charge in [-0.25, -0.2) is 4.39 Å². The van der Waals surface area contributed by atoms with Gasteiger partial charge in [-0.05, 0) is 109 Å². The molecule has 3 heterocycles. The highest BCUT2D eigenvalue weighted by molar-refractivity contribution is 5.69. The van der Waals surface area contributed by atoms with E-state index in [0.717, 1.165) is 78.5 Å². The number of nitrogens with zero attached hydrogens (tertiary/aromatic N) is 4. The second kappa shape index (κ2) is 15.2. The van der Waals surface area contributed by atoms with E-state index in [1.165, 1.54) is 17.7 Å². The molecule has 48 heavy (non-hydrogen) atoms. The minimum absolute atomic E-state index is 0.246. The fourth-order valence-electron chi connectivity index (χ4n) is 6.36. The highest BCUT2D eigenvalue weighted by Crippen LogP contribution is 2.41. The van der Waals surface area contributed by atoms with Gasteiger partial charge in [-0.1, -0.05) is 0 Å². The smallest absolute Gasteiger partial charge is 0.203 e. The number of hydrogen-bond acceptors (Lipinski definition) is 8. The first kappa shape index (κ1) is 32.8. The molecular weight excluding hydrogens is 607 g/mol. The van der Waals surface area contributed by atoms with Crippen LogP contribution in [-0.2, 0) is 13.1 Å². The third-order valence-corrected chi connectivity index (χ3v) is 8.91. The Hall–Kier alpha value is -5.15. The molecule has 0 radical (unpaired) electrons. The zero-order valence-electron chi connectivity index (χ0n) is 27.9. The van der Waals surface area contributed by atoms with Crippen molar-refractivity contribution >= 4 is 5.69 Å². The molecule has 0 atom stereocenters. The average molecular weight is 649 g/mol. The van der Waals surface area contributed by atoms with Gasteiger partial charge in [0, 0.05) is 61.4 Å². The van der Waals surface area contributed by atoms with Crippen LogP contribution in [0.3, 0.4) is 0 Å². The topological polar surface area (TPSA) is 69.2 Å². The van der Waals surface area contributed by atoms with E-state index in [2.05, 4.69) is 51.2 Å². The Morgan fingerprint density at radius 3 is 1.90 bits per heavy atom. The molecule has 0 saturated carbocycles. The van der Waals surface area contributed by atoms with Gasteiger partial charge in [-0.3, -0.25) is 14.9 Å². The van der Waals surface area contributed by atoms with Crippen LogP contribution in [0.4, 0.5) is 10.1 Å².